The first-order valence-corrected chi connectivity index (χ1v) is 5.41. The number of fused-ring (bicyclic) bond motifs is 1. The van der Waals surface area contributed by atoms with E-state index in [9.17, 15) is 4.79 Å². The molecular weight excluding hydrogens is 265 g/mol. The maximum atomic E-state index is 10.6. The van der Waals surface area contributed by atoms with Crippen LogP contribution in [0.25, 0.3) is 10.9 Å². The van der Waals surface area contributed by atoms with Crippen LogP contribution in [0, 0.1) is 6.92 Å². The van der Waals surface area contributed by atoms with Crippen molar-refractivity contribution in [3.8, 4) is 5.75 Å². The summed E-state index contributed by atoms with van der Waals surface area (Å²) in [6, 6.07) is 4.94. The molecule has 17 heavy (non-hydrogen) atoms. The lowest BCUT2D eigenvalue weighted by molar-refractivity contribution is 0.145. The van der Waals surface area contributed by atoms with E-state index in [1.54, 1.807) is 19.1 Å². The van der Waals surface area contributed by atoms with Gasteiger partial charge < -0.3 is 9.84 Å². The summed E-state index contributed by atoms with van der Waals surface area (Å²) in [5.41, 5.74) is 1.05. The third-order valence-corrected chi connectivity index (χ3v) is 2.76. The zero-order valence-corrected chi connectivity index (χ0v) is 10.2. The maximum Gasteiger partial charge on any atom is 0.511 e. The fourth-order valence-electron chi connectivity index (χ4n) is 1.47. The van der Waals surface area contributed by atoms with Gasteiger partial charge in [-0.15, -0.1) is 0 Å². The smallest absolute Gasteiger partial charge is 0.449 e. The number of hydrogen-bond acceptors (Lipinski definition) is 3. The van der Waals surface area contributed by atoms with Gasteiger partial charge in [0.2, 0.25) is 0 Å². The Bertz CT molecular complexity index is 613. The second-order valence-electron chi connectivity index (χ2n) is 3.39. The predicted octanol–water partition coefficient (Wildman–Crippen LogP) is 3.91. The van der Waals surface area contributed by atoms with Gasteiger partial charge in [0.1, 0.15) is 5.52 Å². The molecule has 0 aliphatic rings. The molecule has 0 spiro atoms. The van der Waals surface area contributed by atoms with E-state index < -0.39 is 6.16 Å². The molecule has 88 valence electrons. The molecule has 0 fully saturated rings. The maximum absolute atomic E-state index is 10.6. The molecule has 1 heterocycles. The number of pyridine rings is 1. The Morgan fingerprint density at radius 2 is 2.06 bits per heavy atom. The molecule has 0 saturated carbocycles. The third-order valence-electron chi connectivity index (χ3n) is 2.17. The highest BCUT2D eigenvalue weighted by Gasteiger charge is 2.15. The average Bonchev–Trinajstić information content (AvgIpc) is 2.23. The standard InChI is InChI=1S/C11H7Cl2NO3/c1-5-2-3-6-7(12)4-8(13)10(9(6)14-5)17-11(15)16/h2-4H,1H3,(H,15,16). The monoisotopic (exact) mass is 271 g/mol. The lowest BCUT2D eigenvalue weighted by Crippen LogP contribution is -2.04. The third kappa shape index (κ3) is 2.28. The van der Waals surface area contributed by atoms with Crippen LogP contribution in [0.5, 0.6) is 5.75 Å². The van der Waals surface area contributed by atoms with E-state index in [1.165, 1.54) is 6.07 Å². The Hall–Kier alpha value is -1.52. The number of carbonyl (C=O) groups is 1. The summed E-state index contributed by atoms with van der Waals surface area (Å²) >= 11 is 11.9. The predicted molar refractivity (Wildman–Crippen MR) is 65.2 cm³/mol. The number of rotatable bonds is 1. The molecule has 1 aromatic carbocycles. The minimum absolute atomic E-state index is 0.00210. The number of aryl methyl sites for hydroxylation is 1. The van der Waals surface area contributed by atoms with Gasteiger partial charge in [-0.1, -0.05) is 23.2 Å². The van der Waals surface area contributed by atoms with Crippen LogP contribution in [0.3, 0.4) is 0 Å². The highest BCUT2D eigenvalue weighted by molar-refractivity contribution is 6.39. The van der Waals surface area contributed by atoms with Crippen molar-refractivity contribution < 1.29 is 14.6 Å². The van der Waals surface area contributed by atoms with Crippen LogP contribution in [0.4, 0.5) is 4.79 Å². The molecule has 0 amide bonds. The van der Waals surface area contributed by atoms with E-state index in [0.29, 0.717) is 21.6 Å². The number of hydrogen-bond donors (Lipinski definition) is 1. The minimum atomic E-state index is -1.45. The lowest BCUT2D eigenvalue weighted by Gasteiger charge is -2.08. The molecule has 0 unspecified atom stereocenters. The van der Waals surface area contributed by atoms with Crippen molar-refractivity contribution >= 4 is 40.3 Å². The van der Waals surface area contributed by atoms with Crippen LogP contribution in [-0.2, 0) is 0 Å². The van der Waals surface area contributed by atoms with Crippen LogP contribution >= 0.6 is 23.2 Å². The van der Waals surface area contributed by atoms with Gasteiger partial charge in [-0.05, 0) is 25.1 Å². The molecular formula is C11H7Cl2NO3. The first kappa shape index (κ1) is 12.0. The van der Waals surface area contributed by atoms with E-state index in [1.807, 2.05) is 0 Å². The zero-order chi connectivity index (χ0) is 12.6. The summed E-state index contributed by atoms with van der Waals surface area (Å²) in [4.78, 5) is 14.8. The Morgan fingerprint density at radius 1 is 1.35 bits per heavy atom. The van der Waals surface area contributed by atoms with Gasteiger partial charge in [0.05, 0.1) is 10.0 Å². The molecule has 2 rings (SSSR count). The van der Waals surface area contributed by atoms with Gasteiger partial charge in [-0.25, -0.2) is 9.78 Å². The van der Waals surface area contributed by atoms with Crippen molar-refractivity contribution in [2.75, 3.05) is 0 Å². The normalized spacial score (nSPS) is 10.5. The topological polar surface area (TPSA) is 59.4 Å². The molecule has 6 heteroatoms. The summed E-state index contributed by atoms with van der Waals surface area (Å²) < 4.78 is 4.63. The van der Waals surface area contributed by atoms with E-state index in [0.717, 1.165) is 0 Å². The molecule has 0 atom stereocenters. The minimum Gasteiger partial charge on any atom is -0.449 e. The van der Waals surface area contributed by atoms with E-state index >= 15 is 0 Å². The summed E-state index contributed by atoms with van der Waals surface area (Å²) in [7, 11) is 0. The molecule has 4 nitrogen and oxygen atoms in total. The van der Waals surface area contributed by atoms with Gasteiger partial charge in [-0.2, -0.15) is 0 Å². The van der Waals surface area contributed by atoms with E-state index in [2.05, 4.69) is 9.72 Å². The SMILES string of the molecule is Cc1ccc2c(Cl)cc(Cl)c(OC(=O)O)c2n1. The van der Waals surface area contributed by atoms with Crippen LogP contribution in [0.2, 0.25) is 10.0 Å². The van der Waals surface area contributed by atoms with Gasteiger partial charge in [0, 0.05) is 11.1 Å². The number of carboxylic acid groups (broad SMARTS) is 1. The molecule has 0 radical (unpaired) electrons. The van der Waals surface area contributed by atoms with Gasteiger partial charge in [0.15, 0.2) is 5.75 Å². The zero-order valence-electron chi connectivity index (χ0n) is 8.70. The van der Waals surface area contributed by atoms with Gasteiger partial charge in [0.25, 0.3) is 0 Å². The van der Waals surface area contributed by atoms with Gasteiger partial charge in [-0.3, -0.25) is 0 Å². The van der Waals surface area contributed by atoms with E-state index in [-0.39, 0.29) is 10.8 Å². The molecule has 2 aromatic rings. The van der Waals surface area contributed by atoms with Crippen LogP contribution in [0.1, 0.15) is 5.69 Å². The quantitative estimate of drug-likeness (QED) is 0.631. The molecule has 1 N–H and O–H groups in total. The van der Waals surface area contributed by atoms with Crippen molar-refractivity contribution in [2.45, 2.75) is 6.92 Å². The summed E-state index contributed by atoms with van der Waals surface area (Å²) in [6.07, 6.45) is -1.45. The number of aromatic nitrogens is 1. The molecule has 1 aromatic heterocycles. The Labute approximate surface area is 107 Å². The molecule has 0 aliphatic heterocycles. The number of halogens is 2. The molecule has 0 bridgehead atoms. The summed E-state index contributed by atoms with van der Waals surface area (Å²) in [5.74, 6) is 0.00210. The molecule has 0 aliphatic carbocycles. The number of benzene rings is 1. The van der Waals surface area contributed by atoms with Crippen molar-refractivity contribution in [3.05, 3.63) is 33.9 Å². The largest absolute Gasteiger partial charge is 0.511 e. The fraction of sp³-hybridized carbons (Fsp3) is 0.0909. The lowest BCUT2D eigenvalue weighted by atomic mass is 10.2. The van der Waals surface area contributed by atoms with Gasteiger partial charge >= 0.3 is 6.16 Å². The first-order chi connectivity index (χ1) is 7.99. The van der Waals surface area contributed by atoms with E-state index in [4.69, 9.17) is 28.3 Å². The Kier molecular flexibility index (Phi) is 3.09. The second kappa shape index (κ2) is 4.39. The van der Waals surface area contributed by atoms with Crippen molar-refractivity contribution in [1.29, 1.82) is 0 Å². The van der Waals surface area contributed by atoms with Crippen LogP contribution in [-0.4, -0.2) is 16.2 Å². The number of nitrogens with zero attached hydrogens (tertiary/aromatic N) is 1. The van der Waals surface area contributed by atoms with Crippen molar-refractivity contribution in [2.24, 2.45) is 0 Å². The van der Waals surface area contributed by atoms with Crippen LogP contribution < -0.4 is 4.74 Å². The summed E-state index contributed by atoms with van der Waals surface area (Å²) in [6.45, 7) is 1.78. The van der Waals surface area contributed by atoms with Crippen molar-refractivity contribution in [1.82, 2.24) is 4.98 Å². The molecule has 0 saturated heterocycles. The first-order valence-electron chi connectivity index (χ1n) is 4.65. The highest BCUT2D eigenvalue weighted by atomic mass is 35.5. The number of ether oxygens (including phenoxy) is 1. The fourth-order valence-corrected chi connectivity index (χ4v) is 2.03. The second-order valence-corrected chi connectivity index (χ2v) is 4.20. The highest BCUT2D eigenvalue weighted by Crippen LogP contribution is 2.37. The average molecular weight is 272 g/mol. The Balaban J connectivity index is 2.80. The Morgan fingerprint density at radius 3 is 2.71 bits per heavy atom. The van der Waals surface area contributed by atoms with Crippen molar-refractivity contribution in [3.63, 3.8) is 0 Å². The summed E-state index contributed by atoms with van der Waals surface area (Å²) in [5, 5.41) is 9.76. The van der Waals surface area contributed by atoms with Crippen LogP contribution in [0.15, 0.2) is 18.2 Å².